The van der Waals surface area contributed by atoms with Crippen LogP contribution in [0.3, 0.4) is 0 Å². The fourth-order valence-electron chi connectivity index (χ4n) is 4.00. The lowest BCUT2D eigenvalue weighted by atomic mass is 10.0. The number of benzene rings is 1. The summed E-state index contributed by atoms with van der Waals surface area (Å²) in [6.45, 7) is 8.31. The summed E-state index contributed by atoms with van der Waals surface area (Å²) in [7, 11) is 0. The van der Waals surface area contributed by atoms with Gasteiger partial charge in [-0.2, -0.15) is 0 Å². The fourth-order valence-corrected chi connectivity index (χ4v) is 4.00. The van der Waals surface area contributed by atoms with E-state index in [1.54, 1.807) is 18.2 Å². The van der Waals surface area contributed by atoms with Gasteiger partial charge < -0.3 is 15.0 Å². The molecular formula is C21H30FN3O3. The molecule has 1 aromatic carbocycles. The molecular weight excluding hydrogens is 361 g/mol. The number of ether oxygens (including phenoxy) is 1. The zero-order valence-electron chi connectivity index (χ0n) is 16.7. The van der Waals surface area contributed by atoms with Gasteiger partial charge in [0.1, 0.15) is 5.82 Å². The number of nitrogens with one attached hydrogen (secondary N) is 1. The number of hydrogen-bond donors (Lipinski definition) is 1. The van der Waals surface area contributed by atoms with Gasteiger partial charge in [0.2, 0.25) is 11.8 Å². The summed E-state index contributed by atoms with van der Waals surface area (Å²) in [5, 5.41) is 3.04. The Labute approximate surface area is 166 Å². The number of nitrogens with zero attached hydrogens (tertiary/aromatic N) is 2. The molecule has 2 heterocycles. The highest BCUT2D eigenvalue weighted by atomic mass is 19.1. The van der Waals surface area contributed by atoms with E-state index >= 15 is 0 Å². The third-order valence-electron chi connectivity index (χ3n) is 5.46. The molecule has 2 fully saturated rings. The molecule has 0 aromatic heterocycles. The Morgan fingerprint density at radius 1 is 1.29 bits per heavy atom. The summed E-state index contributed by atoms with van der Waals surface area (Å²) in [6, 6.07) is 6.44. The molecule has 2 unspecified atom stereocenters. The Morgan fingerprint density at radius 3 is 2.68 bits per heavy atom. The van der Waals surface area contributed by atoms with Gasteiger partial charge in [0.05, 0.1) is 24.8 Å². The number of carbonyl (C=O) groups excluding carboxylic acids is 2. The van der Waals surface area contributed by atoms with Crippen molar-refractivity contribution in [1.82, 2.24) is 10.2 Å². The van der Waals surface area contributed by atoms with Crippen molar-refractivity contribution in [3.05, 3.63) is 30.1 Å². The maximum Gasteiger partial charge on any atom is 0.227 e. The van der Waals surface area contributed by atoms with Crippen LogP contribution in [0.4, 0.5) is 10.1 Å². The Hall–Kier alpha value is -1.99. The second-order valence-corrected chi connectivity index (χ2v) is 8.03. The number of amides is 2. The van der Waals surface area contributed by atoms with Gasteiger partial charge in [0.15, 0.2) is 0 Å². The first kappa shape index (κ1) is 20.7. The first-order chi connectivity index (χ1) is 13.5. The van der Waals surface area contributed by atoms with Gasteiger partial charge in [-0.25, -0.2) is 4.39 Å². The number of anilines is 1. The van der Waals surface area contributed by atoms with E-state index in [2.05, 4.69) is 24.1 Å². The van der Waals surface area contributed by atoms with Crippen LogP contribution >= 0.6 is 0 Å². The smallest absolute Gasteiger partial charge is 0.227 e. The first-order valence-corrected chi connectivity index (χ1v) is 10.1. The first-order valence-electron chi connectivity index (χ1n) is 10.1. The molecule has 1 aromatic rings. The largest absolute Gasteiger partial charge is 0.379 e. The van der Waals surface area contributed by atoms with Crippen molar-refractivity contribution in [2.24, 2.45) is 11.8 Å². The summed E-state index contributed by atoms with van der Waals surface area (Å²) in [5.41, 5.74) is 0.244. The van der Waals surface area contributed by atoms with Gasteiger partial charge >= 0.3 is 0 Å². The minimum absolute atomic E-state index is 0.118. The van der Waals surface area contributed by atoms with Crippen LogP contribution in [-0.2, 0) is 14.3 Å². The molecule has 0 bridgehead atoms. The molecule has 6 nitrogen and oxygen atoms in total. The van der Waals surface area contributed by atoms with E-state index < -0.39 is 11.7 Å². The van der Waals surface area contributed by atoms with Gasteiger partial charge in [-0.3, -0.25) is 14.5 Å². The van der Waals surface area contributed by atoms with Gasteiger partial charge in [-0.1, -0.05) is 26.0 Å². The number of rotatable bonds is 7. The van der Waals surface area contributed by atoms with Crippen LogP contribution in [0.2, 0.25) is 0 Å². The second-order valence-electron chi connectivity index (χ2n) is 8.03. The van der Waals surface area contributed by atoms with E-state index in [0.717, 1.165) is 32.7 Å². The average molecular weight is 391 g/mol. The fraction of sp³-hybridized carbons (Fsp3) is 0.619. The molecule has 7 heteroatoms. The van der Waals surface area contributed by atoms with Crippen LogP contribution in [0.15, 0.2) is 24.3 Å². The van der Waals surface area contributed by atoms with Crippen LogP contribution in [0.25, 0.3) is 0 Å². The maximum absolute atomic E-state index is 14.0. The summed E-state index contributed by atoms with van der Waals surface area (Å²) in [4.78, 5) is 28.8. The van der Waals surface area contributed by atoms with E-state index in [1.165, 1.54) is 11.0 Å². The molecule has 2 aliphatic heterocycles. The zero-order valence-corrected chi connectivity index (χ0v) is 16.7. The lowest BCUT2D eigenvalue weighted by Gasteiger charge is -2.35. The maximum atomic E-state index is 14.0. The normalized spacial score (nSPS) is 21.9. The molecule has 0 saturated carbocycles. The van der Waals surface area contributed by atoms with E-state index in [4.69, 9.17) is 4.74 Å². The second kappa shape index (κ2) is 9.47. The zero-order chi connectivity index (χ0) is 20.1. The van der Waals surface area contributed by atoms with E-state index in [0.29, 0.717) is 12.5 Å². The van der Waals surface area contributed by atoms with Crippen molar-refractivity contribution >= 4 is 17.5 Å². The summed E-state index contributed by atoms with van der Waals surface area (Å²) in [5.74, 6) is -0.710. The highest BCUT2D eigenvalue weighted by Crippen LogP contribution is 2.27. The molecule has 2 saturated heterocycles. The van der Waals surface area contributed by atoms with Gasteiger partial charge in [-0.15, -0.1) is 0 Å². The Kier molecular flexibility index (Phi) is 7.02. The average Bonchev–Trinajstić information content (AvgIpc) is 3.07. The van der Waals surface area contributed by atoms with Crippen LogP contribution in [0.1, 0.15) is 26.7 Å². The highest BCUT2D eigenvalue weighted by Gasteiger charge is 2.36. The minimum Gasteiger partial charge on any atom is -0.379 e. The van der Waals surface area contributed by atoms with Crippen LogP contribution in [-0.4, -0.2) is 62.1 Å². The molecule has 0 aliphatic carbocycles. The van der Waals surface area contributed by atoms with Crippen molar-refractivity contribution in [1.29, 1.82) is 0 Å². The van der Waals surface area contributed by atoms with Crippen molar-refractivity contribution in [2.45, 2.75) is 32.7 Å². The van der Waals surface area contributed by atoms with Crippen LogP contribution in [0, 0.1) is 17.7 Å². The quantitative estimate of drug-likeness (QED) is 0.773. The van der Waals surface area contributed by atoms with Gasteiger partial charge in [0.25, 0.3) is 0 Å². The third kappa shape index (κ3) is 5.08. The van der Waals surface area contributed by atoms with Gasteiger partial charge in [0, 0.05) is 38.6 Å². The highest BCUT2D eigenvalue weighted by molar-refractivity contribution is 6.00. The number of carbonyl (C=O) groups is 2. The lowest BCUT2D eigenvalue weighted by Crippen LogP contribution is -2.50. The molecule has 154 valence electrons. The number of para-hydroxylation sites is 1. The molecule has 28 heavy (non-hydrogen) atoms. The predicted molar refractivity (Wildman–Crippen MR) is 106 cm³/mol. The van der Waals surface area contributed by atoms with Crippen LogP contribution in [0.5, 0.6) is 0 Å². The molecule has 2 aliphatic rings. The van der Waals surface area contributed by atoms with Crippen LogP contribution < -0.4 is 10.2 Å². The third-order valence-corrected chi connectivity index (χ3v) is 5.46. The topological polar surface area (TPSA) is 61.9 Å². The number of halogens is 1. The Bertz CT molecular complexity index is 691. The standard InChI is InChI=1S/C21H30FN3O3/c1-15(2)11-17(24-7-9-28-10-8-24)13-23-21(27)16-12-20(26)25(14-16)19-6-4-3-5-18(19)22/h3-6,15-17H,7-14H2,1-2H3,(H,23,27). The number of morpholine rings is 1. The molecule has 1 N–H and O–H groups in total. The van der Waals surface area contributed by atoms with Crippen molar-refractivity contribution in [3.63, 3.8) is 0 Å². The van der Waals surface area contributed by atoms with Gasteiger partial charge in [-0.05, 0) is 24.5 Å². The van der Waals surface area contributed by atoms with E-state index in [1.807, 2.05) is 0 Å². The monoisotopic (exact) mass is 391 g/mol. The molecule has 3 rings (SSSR count). The minimum atomic E-state index is -0.448. The SMILES string of the molecule is CC(C)CC(CNC(=O)C1CC(=O)N(c2ccccc2F)C1)N1CCOCC1. The summed E-state index contributed by atoms with van der Waals surface area (Å²) >= 11 is 0. The molecule has 2 atom stereocenters. The van der Waals surface area contributed by atoms with Crippen molar-refractivity contribution in [2.75, 3.05) is 44.3 Å². The van der Waals surface area contributed by atoms with E-state index in [9.17, 15) is 14.0 Å². The predicted octanol–water partition coefficient (Wildman–Crippen LogP) is 2.04. The number of hydrogen-bond acceptors (Lipinski definition) is 4. The van der Waals surface area contributed by atoms with Crippen molar-refractivity contribution in [3.8, 4) is 0 Å². The van der Waals surface area contributed by atoms with E-state index in [-0.39, 0.29) is 36.5 Å². The lowest BCUT2D eigenvalue weighted by molar-refractivity contribution is -0.126. The molecule has 0 spiro atoms. The Balaban J connectivity index is 1.57. The summed E-state index contributed by atoms with van der Waals surface area (Å²) in [6.07, 6.45) is 1.11. The molecule has 0 radical (unpaired) electrons. The summed E-state index contributed by atoms with van der Waals surface area (Å²) < 4.78 is 19.4. The van der Waals surface area contributed by atoms with Crippen molar-refractivity contribution < 1.29 is 18.7 Å². The molecule has 2 amide bonds. The Morgan fingerprint density at radius 2 is 2.00 bits per heavy atom.